The minimum atomic E-state index is -0.365. The smallest absolute Gasteiger partial charge is 0.171 e. The molecule has 0 saturated carbocycles. The lowest BCUT2D eigenvalue weighted by Gasteiger charge is -2.24. The molecular weight excluding hydrogens is 423 g/mol. The van der Waals surface area contributed by atoms with Crippen LogP contribution in [-0.4, -0.2) is 5.11 Å². The lowest BCUT2D eigenvalue weighted by Crippen LogP contribution is -2.33. The molecule has 27 heavy (non-hydrogen) atoms. The molecule has 3 aromatic carbocycles. The van der Waals surface area contributed by atoms with E-state index in [1.165, 1.54) is 17.2 Å². The monoisotopic (exact) mass is 442 g/mol. The van der Waals surface area contributed by atoms with Gasteiger partial charge in [0.25, 0.3) is 0 Å². The highest BCUT2D eigenvalue weighted by atomic mass is 79.9. The molecule has 2 nitrogen and oxygen atoms in total. The summed E-state index contributed by atoms with van der Waals surface area (Å²) in [6, 6.07) is 21.1. The maximum atomic E-state index is 14.1. The normalized spacial score (nSPS) is 11.7. The summed E-state index contributed by atoms with van der Waals surface area (Å²) in [5.41, 5.74) is 4.94. The van der Waals surface area contributed by atoms with Crippen molar-refractivity contribution < 1.29 is 4.39 Å². The van der Waals surface area contributed by atoms with Gasteiger partial charge in [-0.1, -0.05) is 70.0 Å². The van der Waals surface area contributed by atoms with E-state index in [2.05, 4.69) is 70.7 Å². The molecule has 1 atom stereocenters. The highest BCUT2D eigenvalue weighted by Crippen LogP contribution is 2.26. The summed E-state index contributed by atoms with van der Waals surface area (Å²) in [6.07, 6.45) is 0. The second kappa shape index (κ2) is 8.63. The minimum absolute atomic E-state index is 0.134. The molecule has 5 heteroatoms. The zero-order valence-electron chi connectivity index (χ0n) is 15.1. The second-order valence-corrected chi connectivity index (χ2v) is 7.75. The first-order chi connectivity index (χ1) is 12.9. The average Bonchev–Trinajstić information content (AvgIpc) is 2.63. The molecule has 3 rings (SSSR count). The van der Waals surface area contributed by atoms with E-state index in [4.69, 9.17) is 12.2 Å². The van der Waals surface area contributed by atoms with E-state index in [-0.39, 0.29) is 11.9 Å². The van der Waals surface area contributed by atoms with Gasteiger partial charge in [-0.2, -0.15) is 0 Å². The minimum Gasteiger partial charge on any atom is -0.352 e. The molecule has 3 aromatic rings. The van der Waals surface area contributed by atoms with Gasteiger partial charge in [0.15, 0.2) is 5.11 Å². The number of hydrogen-bond acceptors (Lipinski definition) is 1. The van der Waals surface area contributed by atoms with Crippen LogP contribution in [0.5, 0.6) is 0 Å². The molecule has 0 saturated heterocycles. The summed E-state index contributed by atoms with van der Waals surface area (Å²) < 4.78 is 14.8. The Morgan fingerprint density at radius 1 is 1.00 bits per heavy atom. The molecule has 0 aliphatic rings. The number of halogens is 2. The van der Waals surface area contributed by atoms with Gasteiger partial charge in [-0.3, -0.25) is 0 Å². The predicted molar refractivity (Wildman–Crippen MR) is 118 cm³/mol. The second-order valence-electron chi connectivity index (χ2n) is 6.43. The van der Waals surface area contributed by atoms with Crippen LogP contribution in [0.3, 0.4) is 0 Å². The molecule has 0 spiro atoms. The summed E-state index contributed by atoms with van der Waals surface area (Å²) in [6.45, 7) is 4.16. The quantitative estimate of drug-likeness (QED) is 0.464. The zero-order chi connectivity index (χ0) is 19.4. The predicted octanol–water partition coefficient (Wildman–Crippen LogP) is 6.28. The first kappa shape index (κ1) is 19.5. The Labute approximate surface area is 172 Å². The molecule has 0 radical (unpaired) electrons. The lowest BCUT2D eigenvalue weighted by atomic mass is 9.94. The highest BCUT2D eigenvalue weighted by molar-refractivity contribution is 9.10. The third kappa shape index (κ3) is 4.93. The first-order valence-corrected chi connectivity index (χ1v) is 9.79. The molecule has 0 aliphatic carbocycles. The standard InChI is InChI=1S/C22H20BrFN2S/c1-14-8-10-18(15(2)12-14)21(16-6-4-3-5-7-16)26-22(27)25-20-11-9-17(23)13-19(20)24/h3-13,21H,1-2H3,(H2,25,26,27)/t21-/m0/s1. The van der Waals surface area contributed by atoms with E-state index in [1.54, 1.807) is 12.1 Å². The molecule has 0 heterocycles. The van der Waals surface area contributed by atoms with Crippen molar-refractivity contribution in [3.05, 3.63) is 99.3 Å². The van der Waals surface area contributed by atoms with Crippen LogP contribution in [0.4, 0.5) is 10.1 Å². The van der Waals surface area contributed by atoms with Gasteiger partial charge in [0.05, 0.1) is 11.7 Å². The Kier molecular flexibility index (Phi) is 6.24. The molecule has 0 amide bonds. The summed E-state index contributed by atoms with van der Waals surface area (Å²) in [7, 11) is 0. The molecule has 2 N–H and O–H groups in total. The van der Waals surface area contributed by atoms with Crippen LogP contribution in [0.1, 0.15) is 28.3 Å². The molecule has 0 aromatic heterocycles. The molecule has 0 aliphatic heterocycles. The van der Waals surface area contributed by atoms with E-state index in [0.717, 1.165) is 11.1 Å². The first-order valence-electron chi connectivity index (χ1n) is 8.58. The van der Waals surface area contributed by atoms with Gasteiger partial charge in [0.1, 0.15) is 5.82 Å². The number of hydrogen-bond donors (Lipinski definition) is 2. The SMILES string of the molecule is Cc1ccc([C@@H](NC(=S)Nc2ccc(Br)cc2F)c2ccccc2)c(C)c1. The van der Waals surface area contributed by atoms with E-state index in [9.17, 15) is 4.39 Å². The highest BCUT2D eigenvalue weighted by Gasteiger charge is 2.18. The topological polar surface area (TPSA) is 24.1 Å². The molecule has 0 bridgehead atoms. The van der Waals surface area contributed by atoms with Crippen LogP contribution in [0.15, 0.2) is 71.2 Å². The van der Waals surface area contributed by atoms with Crippen molar-refractivity contribution in [1.29, 1.82) is 0 Å². The van der Waals surface area contributed by atoms with Gasteiger partial charge < -0.3 is 10.6 Å². The summed E-state index contributed by atoms with van der Waals surface area (Å²) in [5, 5.41) is 6.67. The molecule has 138 valence electrons. The van der Waals surface area contributed by atoms with Crippen LogP contribution in [0.25, 0.3) is 0 Å². The maximum Gasteiger partial charge on any atom is 0.171 e. The number of anilines is 1. The van der Waals surface area contributed by atoms with Crippen LogP contribution in [0.2, 0.25) is 0 Å². The van der Waals surface area contributed by atoms with Crippen molar-refractivity contribution in [3.63, 3.8) is 0 Å². The Morgan fingerprint density at radius 3 is 2.41 bits per heavy atom. The summed E-state index contributed by atoms with van der Waals surface area (Å²) in [5.74, 6) is -0.365. The van der Waals surface area contributed by atoms with Gasteiger partial charge in [0.2, 0.25) is 0 Å². The van der Waals surface area contributed by atoms with Crippen molar-refractivity contribution in [1.82, 2.24) is 5.32 Å². The Balaban J connectivity index is 1.88. The van der Waals surface area contributed by atoms with Crippen LogP contribution in [0, 0.1) is 19.7 Å². The molecular formula is C22H20BrFN2S. The number of benzene rings is 3. The lowest BCUT2D eigenvalue weighted by molar-refractivity contribution is 0.631. The Morgan fingerprint density at radius 2 is 1.74 bits per heavy atom. The summed E-state index contributed by atoms with van der Waals surface area (Å²) in [4.78, 5) is 0. The van der Waals surface area contributed by atoms with Crippen LogP contribution in [-0.2, 0) is 0 Å². The number of aryl methyl sites for hydroxylation is 2. The van der Waals surface area contributed by atoms with E-state index >= 15 is 0 Å². The van der Waals surface area contributed by atoms with Gasteiger partial charge in [-0.25, -0.2) is 4.39 Å². The Hall–Kier alpha value is -2.24. The van der Waals surface area contributed by atoms with Gasteiger partial charge in [0, 0.05) is 4.47 Å². The van der Waals surface area contributed by atoms with Gasteiger partial charge in [-0.05, 0) is 61.0 Å². The van der Waals surface area contributed by atoms with E-state index in [0.29, 0.717) is 15.3 Å². The van der Waals surface area contributed by atoms with E-state index in [1.807, 2.05) is 18.2 Å². The van der Waals surface area contributed by atoms with Crippen LogP contribution < -0.4 is 10.6 Å². The number of rotatable bonds is 4. The number of thiocarbonyl (C=S) groups is 1. The third-order valence-electron chi connectivity index (χ3n) is 4.32. The van der Waals surface area contributed by atoms with Crippen LogP contribution >= 0.6 is 28.1 Å². The van der Waals surface area contributed by atoms with Crippen molar-refractivity contribution in [2.45, 2.75) is 19.9 Å². The third-order valence-corrected chi connectivity index (χ3v) is 5.04. The van der Waals surface area contributed by atoms with Crippen molar-refractivity contribution in [2.75, 3.05) is 5.32 Å². The van der Waals surface area contributed by atoms with Crippen molar-refractivity contribution in [3.8, 4) is 0 Å². The summed E-state index contributed by atoms with van der Waals surface area (Å²) >= 11 is 8.73. The fourth-order valence-electron chi connectivity index (χ4n) is 3.02. The van der Waals surface area contributed by atoms with Crippen molar-refractivity contribution in [2.24, 2.45) is 0 Å². The van der Waals surface area contributed by atoms with Gasteiger partial charge >= 0.3 is 0 Å². The fraction of sp³-hybridized carbons (Fsp3) is 0.136. The molecule has 0 fully saturated rings. The Bertz CT molecular complexity index is 960. The molecule has 0 unspecified atom stereocenters. The van der Waals surface area contributed by atoms with Gasteiger partial charge in [-0.15, -0.1) is 0 Å². The van der Waals surface area contributed by atoms with E-state index < -0.39 is 0 Å². The fourth-order valence-corrected chi connectivity index (χ4v) is 3.58. The maximum absolute atomic E-state index is 14.1. The average molecular weight is 443 g/mol. The largest absolute Gasteiger partial charge is 0.352 e. The zero-order valence-corrected chi connectivity index (χ0v) is 17.5. The number of nitrogens with one attached hydrogen (secondary N) is 2. The van der Waals surface area contributed by atoms with Crippen molar-refractivity contribution >= 4 is 38.9 Å².